The van der Waals surface area contributed by atoms with Crippen molar-refractivity contribution in [3.05, 3.63) is 53.3 Å². The fourth-order valence-electron chi connectivity index (χ4n) is 2.21. The van der Waals surface area contributed by atoms with Crippen LogP contribution in [0, 0.1) is 6.92 Å². The van der Waals surface area contributed by atoms with Crippen molar-refractivity contribution in [1.82, 2.24) is 20.4 Å². The second-order valence-corrected chi connectivity index (χ2v) is 5.57. The van der Waals surface area contributed by atoms with E-state index in [0.717, 1.165) is 31.0 Å². The molecule has 6 heteroatoms. The normalized spacial score (nSPS) is 11.0. The molecule has 23 heavy (non-hydrogen) atoms. The molecule has 0 aliphatic carbocycles. The highest BCUT2D eigenvalue weighted by molar-refractivity contribution is 14.0. The summed E-state index contributed by atoms with van der Waals surface area (Å²) >= 11 is 0. The first-order chi connectivity index (χ1) is 10.7. The van der Waals surface area contributed by atoms with E-state index in [2.05, 4.69) is 39.6 Å². The third-order valence-electron chi connectivity index (χ3n) is 3.52. The van der Waals surface area contributed by atoms with Crippen LogP contribution in [-0.2, 0) is 13.0 Å². The summed E-state index contributed by atoms with van der Waals surface area (Å²) in [6.07, 6.45) is 3.99. The van der Waals surface area contributed by atoms with E-state index in [1.807, 2.05) is 43.4 Å². The number of hydrogen-bond acceptors (Lipinski definition) is 2. The van der Waals surface area contributed by atoms with Gasteiger partial charge in [-0.05, 0) is 30.9 Å². The largest absolute Gasteiger partial charge is 0.356 e. The molecule has 2 rings (SSSR count). The Balaban J connectivity index is 0.00000264. The number of nitrogens with zero attached hydrogens (tertiary/aromatic N) is 3. The first-order valence-corrected chi connectivity index (χ1v) is 7.65. The number of benzene rings is 1. The van der Waals surface area contributed by atoms with Crippen molar-refractivity contribution >= 4 is 29.9 Å². The molecule has 0 spiro atoms. The van der Waals surface area contributed by atoms with Gasteiger partial charge in [-0.25, -0.2) is 4.99 Å². The standard InChI is InChI=1S/C17H25N5.HI/c1-14-16(13-20-21-14)10-7-11-18-17(22(2)3)19-12-15-8-5-4-6-9-15;/h4-6,8-9,13H,7,10-12H2,1-3H3,(H,18,19)(H,20,21);1H. The van der Waals surface area contributed by atoms with Gasteiger partial charge in [-0.3, -0.25) is 5.10 Å². The minimum Gasteiger partial charge on any atom is -0.356 e. The molecule has 5 nitrogen and oxygen atoms in total. The van der Waals surface area contributed by atoms with Crippen LogP contribution < -0.4 is 5.32 Å². The lowest BCUT2D eigenvalue weighted by Gasteiger charge is -2.17. The zero-order chi connectivity index (χ0) is 15.8. The minimum absolute atomic E-state index is 0. The van der Waals surface area contributed by atoms with Gasteiger partial charge in [-0.15, -0.1) is 24.0 Å². The van der Waals surface area contributed by atoms with Gasteiger partial charge in [0.25, 0.3) is 0 Å². The van der Waals surface area contributed by atoms with E-state index in [9.17, 15) is 0 Å². The van der Waals surface area contributed by atoms with E-state index < -0.39 is 0 Å². The van der Waals surface area contributed by atoms with E-state index in [1.54, 1.807) is 0 Å². The van der Waals surface area contributed by atoms with Crippen molar-refractivity contribution in [1.29, 1.82) is 0 Å². The Morgan fingerprint density at radius 3 is 2.61 bits per heavy atom. The van der Waals surface area contributed by atoms with Crippen LogP contribution in [0.4, 0.5) is 0 Å². The van der Waals surface area contributed by atoms with Crippen molar-refractivity contribution in [3.8, 4) is 0 Å². The lowest BCUT2D eigenvalue weighted by atomic mass is 10.1. The summed E-state index contributed by atoms with van der Waals surface area (Å²) in [7, 11) is 4.02. The molecule has 2 N–H and O–H groups in total. The quantitative estimate of drug-likeness (QED) is 0.323. The summed E-state index contributed by atoms with van der Waals surface area (Å²) in [6.45, 7) is 3.65. The molecular formula is C17H26IN5. The van der Waals surface area contributed by atoms with Crippen LogP contribution in [0.15, 0.2) is 41.5 Å². The zero-order valence-corrected chi connectivity index (χ0v) is 16.4. The van der Waals surface area contributed by atoms with Gasteiger partial charge in [0, 0.05) is 26.3 Å². The lowest BCUT2D eigenvalue weighted by Crippen LogP contribution is -2.37. The number of rotatable bonds is 6. The number of aromatic amines is 1. The summed E-state index contributed by atoms with van der Waals surface area (Å²) < 4.78 is 0. The predicted molar refractivity (Wildman–Crippen MR) is 106 cm³/mol. The third-order valence-corrected chi connectivity index (χ3v) is 3.52. The molecule has 1 aromatic heterocycles. The Bertz CT molecular complexity index is 592. The maximum atomic E-state index is 4.66. The molecule has 0 unspecified atom stereocenters. The number of H-pyrrole nitrogens is 1. The van der Waals surface area contributed by atoms with Crippen molar-refractivity contribution in [2.45, 2.75) is 26.3 Å². The second-order valence-electron chi connectivity index (χ2n) is 5.57. The molecule has 0 saturated carbocycles. The van der Waals surface area contributed by atoms with Gasteiger partial charge in [0.15, 0.2) is 5.96 Å². The zero-order valence-electron chi connectivity index (χ0n) is 14.0. The number of nitrogens with one attached hydrogen (secondary N) is 2. The molecule has 0 aliphatic rings. The van der Waals surface area contributed by atoms with Crippen LogP contribution in [0.2, 0.25) is 0 Å². The average molecular weight is 427 g/mol. The number of aromatic nitrogens is 2. The molecule has 126 valence electrons. The second kappa shape index (κ2) is 10.3. The van der Waals surface area contributed by atoms with E-state index in [-0.39, 0.29) is 24.0 Å². The van der Waals surface area contributed by atoms with Crippen molar-refractivity contribution in [2.75, 3.05) is 20.6 Å². The average Bonchev–Trinajstić information content (AvgIpc) is 2.92. The van der Waals surface area contributed by atoms with E-state index in [4.69, 9.17) is 0 Å². The Morgan fingerprint density at radius 2 is 2.00 bits per heavy atom. The monoisotopic (exact) mass is 427 g/mol. The minimum atomic E-state index is 0. The lowest BCUT2D eigenvalue weighted by molar-refractivity contribution is 0.574. The van der Waals surface area contributed by atoms with Gasteiger partial charge in [-0.1, -0.05) is 30.3 Å². The first-order valence-electron chi connectivity index (χ1n) is 7.65. The Hall–Kier alpha value is -1.57. The van der Waals surface area contributed by atoms with Gasteiger partial charge in [0.2, 0.25) is 0 Å². The summed E-state index contributed by atoms with van der Waals surface area (Å²) in [5.41, 5.74) is 3.66. The Labute approximate surface area is 155 Å². The van der Waals surface area contributed by atoms with Gasteiger partial charge in [-0.2, -0.15) is 5.10 Å². The molecule has 0 fully saturated rings. The molecule has 0 saturated heterocycles. The fourth-order valence-corrected chi connectivity index (χ4v) is 2.21. The Morgan fingerprint density at radius 1 is 1.26 bits per heavy atom. The topological polar surface area (TPSA) is 56.3 Å². The highest BCUT2D eigenvalue weighted by Gasteiger charge is 2.03. The van der Waals surface area contributed by atoms with Crippen LogP contribution in [-0.4, -0.2) is 41.7 Å². The van der Waals surface area contributed by atoms with Crippen LogP contribution in [0.3, 0.4) is 0 Å². The molecule has 0 amide bonds. The van der Waals surface area contributed by atoms with Crippen LogP contribution in [0.1, 0.15) is 23.2 Å². The van der Waals surface area contributed by atoms with Gasteiger partial charge in [0.05, 0.1) is 12.7 Å². The maximum absolute atomic E-state index is 4.66. The highest BCUT2D eigenvalue weighted by Crippen LogP contribution is 2.05. The summed E-state index contributed by atoms with van der Waals surface area (Å²) in [4.78, 5) is 6.68. The van der Waals surface area contributed by atoms with Gasteiger partial charge >= 0.3 is 0 Å². The predicted octanol–water partition coefficient (Wildman–Crippen LogP) is 2.98. The molecule has 0 bridgehead atoms. The van der Waals surface area contributed by atoms with E-state index in [1.165, 1.54) is 11.1 Å². The number of hydrogen-bond donors (Lipinski definition) is 2. The van der Waals surface area contributed by atoms with Crippen molar-refractivity contribution in [3.63, 3.8) is 0 Å². The van der Waals surface area contributed by atoms with Crippen molar-refractivity contribution in [2.24, 2.45) is 4.99 Å². The number of guanidine groups is 1. The molecular weight excluding hydrogens is 401 g/mol. The molecule has 0 atom stereocenters. The van der Waals surface area contributed by atoms with Crippen LogP contribution >= 0.6 is 24.0 Å². The molecule has 0 aliphatic heterocycles. The number of aliphatic imine (C=N–C) groups is 1. The molecule has 1 aromatic carbocycles. The summed E-state index contributed by atoms with van der Waals surface area (Å²) in [5, 5.41) is 10.4. The molecule has 1 heterocycles. The van der Waals surface area contributed by atoms with E-state index in [0.29, 0.717) is 6.54 Å². The number of aryl methyl sites for hydroxylation is 2. The highest BCUT2D eigenvalue weighted by atomic mass is 127. The SMILES string of the molecule is Cc1[nH]ncc1CCCNC(=NCc1ccccc1)N(C)C.I. The van der Waals surface area contributed by atoms with Crippen molar-refractivity contribution < 1.29 is 0 Å². The first kappa shape index (κ1) is 19.5. The van der Waals surface area contributed by atoms with Crippen LogP contribution in [0.5, 0.6) is 0 Å². The van der Waals surface area contributed by atoms with Crippen LogP contribution in [0.25, 0.3) is 0 Å². The smallest absolute Gasteiger partial charge is 0.193 e. The van der Waals surface area contributed by atoms with E-state index >= 15 is 0 Å². The van der Waals surface area contributed by atoms with Gasteiger partial charge in [0.1, 0.15) is 0 Å². The summed E-state index contributed by atoms with van der Waals surface area (Å²) in [6, 6.07) is 10.3. The summed E-state index contributed by atoms with van der Waals surface area (Å²) in [5.74, 6) is 0.924. The van der Waals surface area contributed by atoms with Gasteiger partial charge < -0.3 is 10.2 Å². The Kier molecular flexibility index (Phi) is 8.68. The fraction of sp³-hybridized carbons (Fsp3) is 0.412. The molecule has 2 aromatic rings. The third kappa shape index (κ3) is 6.60. The number of halogens is 1. The maximum Gasteiger partial charge on any atom is 0.193 e. The molecule has 0 radical (unpaired) electrons.